The molecule has 1 aromatic carbocycles. The van der Waals surface area contributed by atoms with E-state index in [1.807, 2.05) is 13.0 Å². The fourth-order valence-corrected chi connectivity index (χ4v) is 2.18. The Balaban J connectivity index is 2.49. The van der Waals surface area contributed by atoms with E-state index in [9.17, 15) is 4.79 Å². The number of rotatable bonds is 2. The van der Waals surface area contributed by atoms with Crippen LogP contribution < -0.4 is 5.56 Å². The first kappa shape index (κ1) is 12.2. The van der Waals surface area contributed by atoms with Crippen molar-refractivity contribution >= 4 is 23.2 Å². The van der Waals surface area contributed by atoms with Crippen LogP contribution in [0.3, 0.4) is 0 Å². The van der Waals surface area contributed by atoms with Crippen molar-refractivity contribution in [3.05, 3.63) is 68.1 Å². The van der Waals surface area contributed by atoms with Crippen LogP contribution in [0.2, 0.25) is 10.0 Å². The minimum Gasteiger partial charge on any atom is -0.308 e. The summed E-state index contributed by atoms with van der Waals surface area (Å²) in [6.07, 6.45) is 0. The van der Waals surface area contributed by atoms with Crippen LogP contribution in [-0.4, -0.2) is 4.57 Å². The second kappa shape index (κ2) is 4.94. The topological polar surface area (TPSA) is 22.0 Å². The van der Waals surface area contributed by atoms with Gasteiger partial charge in [0.25, 0.3) is 5.56 Å². The Bertz CT molecular complexity index is 584. The summed E-state index contributed by atoms with van der Waals surface area (Å²) in [5.74, 6) is 0. The normalized spacial score (nSPS) is 10.5. The smallest absolute Gasteiger partial charge is 0.251 e. The van der Waals surface area contributed by atoms with Crippen molar-refractivity contribution in [3.8, 4) is 0 Å². The lowest BCUT2D eigenvalue weighted by Crippen LogP contribution is -2.21. The van der Waals surface area contributed by atoms with E-state index in [1.165, 1.54) is 6.07 Å². The second-order valence-corrected chi connectivity index (χ2v) is 4.61. The molecule has 0 aliphatic heterocycles. The lowest BCUT2D eigenvalue weighted by molar-refractivity contribution is 0.730. The quantitative estimate of drug-likeness (QED) is 0.816. The van der Waals surface area contributed by atoms with Crippen LogP contribution in [0.5, 0.6) is 0 Å². The third-order valence-electron chi connectivity index (χ3n) is 2.65. The van der Waals surface area contributed by atoms with Crippen molar-refractivity contribution in [1.29, 1.82) is 0 Å². The lowest BCUT2D eigenvalue weighted by atomic mass is 10.2. The molecule has 88 valence electrons. The van der Waals surface area contributed by atoms with E-state index in [2.05, 4.69) is 0 Å². The predicted octanol–water partition coefficient (Wildman–Crippen LogP) is 3.51. The first-order valence-electron chi connectivity index (χ1n) is 5.19. The third kappa shape index (κ3) is 2.54. The average Bonchev–Trinajstić information content (AvgIpc) is 2.27. The number of nitrogens with zero attached hydrogens (tertiary/aromatic N) is 1. The molecule has 0 aliphatic rings. The van der Waals surface area contributed by atoms with E-state index >= 15 is 0 Å². The van der Waals surface area contributed by atoms with E-state index in [4.69, 9.17) is 23.2 Å². The molecule has 0 N–H and O–H groups in total. The van der Waals surface area contributed by atoms with Gasteiger partial charge < -0.3 is 4.57 Å². The van der Waals surface area contributed by atoms with Crippen LogP contribution >= 0.6 is 23.2 Å². The zero-order chi connectivity index (χ0) is 12.4. The molecular formula is C13H11Cl2NO. The molecule has 0 saturated heterocycles. The molecule has 0 aliphatic carbocycles. The number of aryl methyl sites for hydroxylation is 1. The zero-order valence-electron chi connectivity index (χ0n) is 9.28. The molecule has 2 aromatic rings. The highest BCUT2D eigenvalue weighted by molar-refractivity contribution is 6.35. The van der Waals surface area contributed by atoms with Gasteiger partial charge in [-0.1, -0.05) is 35.3 Å². The standard InChI is InChI=1S/C13H11Cl2NO/c1-9-4-2-7-13(17)16(9)8-10-11(14)5-3-6-12(10)15/h2-7H,8H2,1H3. The van der Waals surface area contributed by atoms with E-state index in [-0.39, 0.29) is 5.56 Å². The number of benzene rings is 1. The number of hydrogen-bond acceptors (Lipinski definition) is 1. The van der Waals surface area contributed by atoms with Crippen molar-refractivity contribution in [2.45, 2.75) is 13.5 Å². The molecule has 0 amide bonds. The van der Waals surface area contributed by atoms with Crippen molar-refractivity contribution in [3.63, 3.8) is 0 Å². The first-order chi connectivity index (χ1) is 8.09. The highest BCUT2D eigenvalue weighted by Crippen LogP contribution is 2.24. The van der Waals surface area contributed by atoms with Gasteiger partial charge in [-0.3, -0.25) is 4.79 Å². The average molecular weight is 268 g/mol. The Hall–Kier alpha value is -1.25. The molecule has 0 radical (unpaired) electrons. The Morgan fingerprint density at radius 1 is 1.06 bits per heavy atom. The maximum Gasteiger partial charge on any atom is 0.251 e. The maximum atomic E-state index is 11.7. The monoisotopic (exact) mass is 267 g/mol. The maximum absolute atomic E-state index is 11.7. The van der Waals surface area contributed by atoms with Gasteiger partial charge in [0, 0.05) is 27.4 Å². The van der Waals surface area contributed by atoms with Gasteiger partial charge in [-0.15, -0.1) is 0 Å². The zero-order valence-corrected chi connectivity index (χ0v) is 10.8. The molecule has 0 atom stereocenters. The molecule has 0 fully saturated rings. The van der Waals surface area contributed by atoms with Crippen LogP contribution in [0, 0.1) is 6.92 Å². The van der Waals surface area contributed by atoms with Gasteiger partial charge in [-0.25, -0.2) is 0 Å². The molecule has 1 heterocycles. The molecule has 17 heavy (non-hydrogen) atoms. The summed E-state index contributed by atoms with van der Waals surface area (Å²) in [5, 5.41) is 1.15. The molecule has 4 heteroatoms. The summed E-state index contributed by atoms with van der Waals surface area (Å²) in [4.78, 5) is 11.7. The third-order valence-corrected chi connectivity index (χ3v) is 3.35. The minimum absolute atomic E-state index is 0.0546. The van der Waals surface area contributed by atoms with Crippen LogP contribution in [0.4, 0.5) is 0 Å². The van der Waals surface area contributed by atoms with E-state index in [0.29, 0.717) is 16.6 Å². The molecule has 0 unspecified atom stereocenters. The summed E-state index contributed by atoms with van der Waals surface area (Å²) < 4.78 is 1.65. The van der Waals surface area contributed by atoms with E-state index in [1.54, 1.807) is 28.8 Å². The van der Waals surface area contributed by atoms with Crippen molar-refractivity contribution in [1.82, 2.24) is 4.57 Å². The highest BCUT2D eigenvalue weighted by atomic mass is 35.5. The Labute approximate surface area is 109 Å². The van der Waals surface area contributed by atoms with Gasteiger partial charge in [0.15, 0.2) is 0 Å². The first-order valence-corrected chi connectivity index (χ1v) is 5.94. The summed E-state index contributed by atoms with van der Waals surface area (Å²) in [5.41, 5.74) is 1.60. The van der Waals surface area contributed by atoms with Gasteiger partial charge in [0.1, 0.15) is 0 Å². The summed E-state index contributed by atoms with van der Waals surface area (Å²) in [6.45, 7) is 2.27. The Morgan fingerprint density at radius 2 is 1.65 bits per heavy atom. The molecule has 0 bridgehead atoms. The largest absolute Gasteiger partial charge is 0.308 e. The van der Waals surface area contributed by atoms with E-state index in [0.717, 1.165) is 11.3 Å². The van der Waals surface area contributed by atoms with Crippen LogP contribution in [-0.2, 0) is 6.54 Å². The number of pyridine rings is 1. The molecule has 1 aromatic heterocycles. The molecule has 2 nitrogen and oxygen atoms in total. The molecule has 0 saturated carbocycles. The van der Waals surface area contributed by atoms with Crippen LogP contribution in [0.1, 0.15) is 11.3 Å². The van der Waals surface area contributed by atoms with Crippen molar-refractivity contribution in [2.75, 3.05) is 0 Å². The molecule has 0 spiro atoms. The molecular weight excluding hydrogens is 257 g/mol. The Morgan fingerprint density at radius 3 is 2.24 bits per heavy atom. The van der Waals surface area contributed by atoms with Crippen molar-refractivity contribution < 1.29 is 0 Å². The lowest BCUT2D eigenvalue weighted by Gasteiger charge is -2.11. The van der Waals surface area contributed by atoms with Gasteiger partial charge in [0.05, 0.1) is 6.54 Å². The molecule has 2 rings (SSSR count). The number of halogens is 2. The minimum atomic E-state index is -0.0546. The van der Waals surface area contributed by atoms with Gasteiger partial charge in [0.2, 0.25) is 0 Å². The Kier molecular flexibility index (Phi) is 3.55. The van der Waals surface area contributed by atoms with Crippen LogP contribution in [0.25, 0.3) is 0 Å². The fraction of sp³-hybridized carbons (Fsp3) is 0.154. The predicted molar refractivity (Wildman–Crippen MR) is 71.0 cm³/mol. The summed E-state index contributed by atoms with van der Waals surface area (Å²) >= 11 is 12.2. The van der Waals surface area contributed by atoms with E-state index < -0.39 is 0 Å². The van der Waals surface area contributed by atoms with Gasteiger partial charge in [-0.2, -0.15) is 0 Å². The number of aromatic nitrogens is 1. The summed E-state index contributed by atoms with van der Waals surface area (Å²) in [6, 6.07) is 10.5. The number of hydrogen-bond donors (Lipinski definition) is 0. The van der Waals surface area contributed by atoms with Gasteiger partial charge in [-0.05, 0) is 25.1 Å². The summed E-state index contributed by atoms with van der Waals surface area (Å²) in [7, 11) is 0. The second-order valence-electron chi connectivity index (χ2n) is 3.79. The fourth-order valence-electron chi connectivity index (χ4n) is 1.67. The van der Waals surface area contributed by atoms with Crippen LogP contribution in [0.15, 0.2) is 41.2 Å². The SMILES string of the molecule is Cc1cccc(=O)n1Cc1c(Cl)cccc1Cl. The van der Waals surface area contributed by atoms with Crippen molar-refractivity contribution in [2.24, 2.45) is 0 Å². The van der Waals surface area contributed by atoms with Gasteiger partial charge >= 0.3 is 0 Å². The highest BCUT2D eigenvalue weighted by Gasteiger charge is 2.08.